The van der Waals surface area contributed by atoms with E-state index in [4.69, 9.17) is 9.47 Å². The minimum Gasteiger partial charge on any atom is -0.375 e. The summed E-state index contributed by atoms with van der Waals surface area (Å²) in [6.07, 6.45) is 0.782. The summed E-state index contributed by atoms with van der Waals surface area (Å²) in [5.74, 6) is 0.681. The van der Waals surface area contributed by atoms with Crippen molar-refractivity contribution in [2.45, 2.75) is 38.1 Å². The average Bonchev–Trinajstić information content (AvgIpc) is 3.31. The lowest BCUT2D eigenvalue weighted by molar-refractivity contribution is -0.159. The van der Waals surface area contributed by atoms with Crippen molar-refractivity contribution in [3.63, 3.8) is 0 Å². The molecule has 2 aliphatic heterocycles. The molecule has 7 nitrogen and oxygen atoms in total. The molecule has 0 aliphatic carbocycles. The number of hydrogen-bond donors (Lipinski definition) is 1. The van der Waals surface area contributed by atoms with Gasteiger partial charge in [-0.3, -0.25) is 10.00 Å². The van der Waals surface area contributed by atoms with Crippen LogP contribution in [0.5, 0.6) is 0 Å². The van der Waals surface area contributed by atoms with Crippen molar-refractivity contribution in [1.82, 2.24) is 14.7 Å². The molecule has 0 aromatic carbocycles. The van der Waals surface area contributed by atoms with Gasteiger partial charge in [-0.1, -0.05) is 0 Å². The van der Waals surface area contributed by atoms with E-state index in [1.807, 2.05) is 48.7 Å². The van der Waals surface area contributed by atoms with Gasteiger partial charge in [-0.25, -0.2) is 4.79 Å². The Bertz CT molecular complexity index is 790. The highest BCUT2D eigenvalue weighted by Gasteiger charge is 2.48. The van der Waals surface area contributed by atoms with E-state index in [9.17, 15) is 4.79 Å². The number of aryl methyl sites for hydroxylation is 1. The number of amides is 2. The molecule has 1 spiro atoms. The van der Waals surface area contributed by atoms with Gasteiger partial charge in [0, 0.05) is 43.6 Å². The first-order valence-corrected chi connectivity index (χ1v) is 9.83. The molecule has 2 aliphatic rings. The van der Waals surface area contributed by atoms with E-state index < -0.39 is 5.60 Å². The van der Waals surface area contributed by atoms with E-state index in [1.54, 1.807) is 16.0 Å². The first-order chi connectivity index (χ1) is 12.5. The van der Waals surface area contributed by atoms with Crippen molar-refractivity contribution in [1.29, 1.82) is 0 Å². The summed E-state index contributed by atoms with van der Waals surface area (Å²) in [5, 5.41) is 11.6. The van der Waals surface area contributed by atoms with Crippen LogP contribution in [0.1, 0.15) is 20.3 Å². The third kappa shape index (κ3) is 3.13. The zero-order valence-electron chi connectivity index (χ0n) is 15.3. The largest absolute Gasteiger partial charge is 0.375 e. The molecule has 2 aromatic rings. The van der Waals surface area contributed by atoms with Crippen molar-refractivity contribution in [3.05, 3.63) is 22.9 Å². The topological polar surface area (TPSA) is 68.6 Å². The predicted octanol–water partition coefficient (Wildman–Crippen LogP) is 2.95. The van der Waals surface area contributed by atoms with Gasteiger partial charge in [0.2, 0.25) is 0 Å². The van der Waals surface area contributed by atoms with Crippen LogP contribution in [-0.2, 0) is 16.5 Å². The zero-order valence-corrected chi connectivity index (χ0v) is 16.1. The number of hydrogen-bond acceptors (Lipinski definition) is 5. The Balaban J connectivity index is 1.49. The molecule has 2 saturated heterocycles. The number of aromatic nitrogens is 2. The van der Waals surface area contributed by atoms with E-state index in [0.29, 0.717) is 25.5 Å². The quantitative estimate of drug-likeness (QED) is 0.875. The van der Waals surface area contributed by atoms with Gasteiger partial charge in [-0.15, -0.1) is 0 Å². The average molecular weight is 376 g/mol. The van der Waals surface area contributed by atoms with Gasteiger partial charge < -0.3 is 14.4 Å². The maximum absolute atomic E-state index is 12.9. The molecule has 0 saturated carbocycles. The number of ether oxygens (including phenoxy) is 2. The summed E-state index contributed by atoms with van der Waals surface area (Å²) in [6, 6.07) is 3.80. The minimum absolute atomic E-state index is 0.0116. The van der Waals surface area contributed by atoms with E-state index in [-0.39, 0.29) is 18.2 Å². The number of carbonyl (C=O) groups excluding carboxylic acids is 1. The van der Waals surface area contributed by atoms with Crippen LogP contribution in [0.4, 0.5) is 10.6 Å². The summed E-state index contributed by atoms with van der Waals surface area (Å²) in [6.45, 7) is 5.81. The highest BCUT2D eigenvalue weighted by atomic mass is 32.1. The second-order valence-corrected chi connectivity index (χ2v) is 7.90. The molecule has 140 valence electrons. The Kier molecular flexibility index (Phi) is 4.50. The first kappa shape index (κ1) is 17.5. The van der Waals surface area contributed by atoms with Gasteiger partial charge in [0.1, 0.15) is 11.4 Å². The number of urea groups is 1. The molecule has 3 atom stereocenters. The number of anilines is 1. The standard InChI is InChI=1S/C18H24N4O3S/c1-12-9-22(11-18(25-12)5-6-24-13(18)2)17(23)19-16-8-15(20-21(16)3)14-4-7-26-10-14/h4,7-8,10,12-13H,5-6,9,11H2,1-3H3,(H,19,23). The zero-order chi connectivity index (χ0) is 18.3. The highest BCUT2D eigenvalue weighted by Crippen LogP contribution is 2.35. The van der Waals surface area contributed by atoms with Crippen molar-refractivity contribution < 1.29 is 14.3 Å². The summed E-state index contributed by atoms with van der Waals surface area (Å²) >= 11 is 1.63. The van der Waals surface area contributed by atoms with Crippen LogP contribution in [0.3, 0.4) is 0 Å². The van der Waals surface area contributed by atoms with Crippen LogP contribution < -0.4 is 5.32 Å². The molecule has 2 aromatic heterocycles. The second-order valence-electron chi connectivity index (χ2n) is 7.12. The van der Waals surface area contributed by atoms with Crippen LogP contribution >= 0.6 is 11.3 Å². The van der Waals surface area contributed by atoms with Crippen LogP contribution in [0.25, 0.3) is 11.3 Å². The Hall–Kier alpha value is -1.90. The molecule has 1 N–H and O–H groups in total. The number of rotatable bonds is 2. The normalized spacial score (nSPS) is 28.7. The molecule has 4 heterocycles. The van der Waals surface area contributed by atoms with Crippen LogP contribution in [-0.4, -0.2) is 58.2 Å². The smallest absolute Gasteiger partial charge is 0.323 e. The van der Waals surface area contributed by atoms with Crippen molar-refractivity contribution in [2.75, 3.05) is 25.0 Å². The molecule has 2 fully saturated rings. The molecule has 2 amide bonds. The van der Waals surface area contributed by atoms with Crippen LogP contribution in [0.2, 0.25) is 0 Å². The first-order valence-electron chi connectivity index (χ1n) is 8.89. The van der Waals surface area contributed by atoms with E-state index in [2.05, 4.69) is 10.4 Å². The fraction of sp³-hybridized carbons (Fsp3) is 0.556. The van der Waals surface area contributed by atoms with Crippen molar-refractivity contribution in [2.24, 2.45) is 7.05 Å². The molecular weight excluding hydrogens is 352 g/mol. The number of nitrogens with zero attached hydrogens (tertiary/aromatic N) is 3. The monoisotopic (exact) mass is 376 g/mol. The lowest BCUT2D eigenvalue weighted by Crippen LogP contribution is -2.60. The van der Waals surface area contributed by atoms with Gasteiger partial charge in [-0.05, 0) is 25.3 Å². The SMILES string of the molecule is CC1CN(C(=O)Nc2cc(-c3ccsc3)nn2C)CC2(CCOC2C)O1. The molecule has 0 bridgehead atoms. The molecule has 8 heteroatoms. The van der Waals surface area contributed by atoms with Gasteiger partial charge in [0.25, 0.3) is 0 Å². The van der Waals surface area contributed by atoms with Crippen LogP contribution in [0, 0.1) is 0 Å². The summed E-state index contributed by atoms with van der Waals surface area (Å²) < 4.78 is 13.6. The molecule has 26 heavy (non-hydrogen) atoms. The van der Waals surface area contributed by atoms with E-state index in [1.165, 1.54) is 0 Å². The fourth-order valence-electron chi connectivity index (χ4n) is 3.78. The molecule has 3 unspecified atom stereocenters. The lowest BCUT2D eigenvalue weighted by atomic mass is 9.93. The number of morpholine rings is 1. The van der Waals surface area contributed by atoms with Gasteiger partial charge in [0.15, 0.2) is 0 Å². The molecular formula is C18H24N4O3S. The third-order valence-electron chi connectivity index (χ3n) is 5.22. The maximum atomic E-state index is 12.9. The predicted molar refractivity (Wildman–Crippen MR) is 100 cm³/mol. The summed E-state index contributed by atoms with van der Waals surface area (Å²) in [5.41, 5.74) is 1.51. The second kappa shape index (κ2) is 6.68. The summed E-state index contributed by atoms with van der Waals surface area (Å²) in [4.78, 5) is 14.7. The Morgan fingerprint density at radius 3 is 3.00 bits per heavy atom. The van der Waals surface area contributed by atoms with Crippen molar-refractivity contribution >= 4 is 23.2 Å². The van der Waals surface area contributed by atoms with E-state index in [0.717, 1.165) is 17.7 Å². The number of thiophene rings is 1. The minimum atomic E-state index is -0.400. The van der Waals surface area contributed by atoms with Gasteiger partial charge in [0.05, 0.1) is 24.4 Å². The fourth-order valence-corrected chi connectivity index (χ4v) is 4.43. The van der Waals surface area contributed by atoms with E-state index >= 15 is 0 Å². The Morgan fingerprint density at radius 2 is 2.31 bits per heavy atom. The van der Waals surface area contributed by atoms with Gasteiger partial charge >= 0.3 is 6.03 Å². The maximum Gasteiger partial charge on any atom is 0.323 e. The van der Waals surface area contributed by atoms with Crippen LogP contribution in [0.15, 0.2) is 22.9 Å². The van der Waals surface area contributed by atoms with Crippen molar-refractivity contribution in [3.8, 4) is 11.3 Å². The lowest BCUT2D eigenvalue weighted by Gasteiger charge is -2.44. The summed E-state index contributed by atoms with van der Waals surface area (Å²) in [7, 11) is 1.84. The molecule has 4 rings (SSSR count). The molecule has 0 radical (unpaired) electrons. The number of carbonyl (C=O) groups is 1. The Labute approximate surface area is 156 Å². The number of nitrogens with one attached hydrogen (secondary N) is 1. The highest BCUT2D eigenvalue weighted by molar-refractivity contribution is 7.08. The van der Waals surface area contributed by atoms with Gasteiger partial charge in [-0.2, -0.15) is 16.4 Å². The third-order valence-corrected chi connectivity index (χ3v) is 5.91. The Morgan fingerprint density at radius 1 is 1.46 bits per heavy atom.